The van der Waals surface area contributed by atoms with Crippen molar-refractivity contribution in [2.45, 2.75) is 43.6 Å². The molecule has 20 heavy (non-hydrogen) atoms. The third-order valence-corrected chi connectivity index (χ3v) is 3.94. The summed E-state index contributed by atoms with van der Waals surface area (Å²) in [6, 6.07) is -0.493. The SMILES string of the molecule is OC[C@H]1OC[C@H](Nc2ncc3c(n2)CCC3)[C@@H](O)[C@H]1O. The maximum atomic E-state index is 10.0. The molecule has 1 aromatic rings. The molecule has 1 aromatic heterocycles. The Hall–Kier alpha value is -1.28. The van der Waals surface area contributed by atoms with Gasteiger partial charge in [-0.25, -0.2) is 9.97 Å². The molecular weight excluding hydrogens is 262 g/mol. The first-order chi connectivity index (χ1) is 9.69. The largest absolute Gasteiger partial charge is 0.394 e. The van der Waals surface area contributed by atoms with Crippen molar-refractivity contribution < 1.29 is 20.1 Å². The van der Waals surface area contributed by atoms with Gasteiger partial charge in [0, 0.05) is 11.9 Å². The normalized spacial score (nSPS) is 33.0. The molecule has 110 valence electrons. The van der Waals surface area contributed by atoms with Crippen LogP contribution in [-0.2, 0) is 17.6 Å². The topological polar surface area (TPSA) is 108 Å². The molecular formula is C13H19N3O4. The van der Waals surface area contributed by atoms with E-state index in [4.69, 9.17) is 9.84 Å². The maximum absolute atomic E-state index is 10.0. The van der Waals surface area contributed by atoms with Gasteiger partial charge in [0.1, 0.15) is 18.3 Å². The summed E-state index contributed by atoms with van der Waals surface area (Å²) in [5, 5.41) is 31.9. The number of aliphatic hydroxyl groups excluding tert-OH is 3. The molecule has 1 aliphatic carbocycles. The van der Waals surface area contributed by atoms with Gasteiger partial charge in [0.15, 0.2) is 0 Å². The molecule has 1 fully saturated rings. The summed E-state index contributed by atoms with van der Waals surface area (Å²) in [5.74, 6) is 0.438. The minimum absolute atomic E-state index is 0.184. The molecule has 0 radical (unpaired) electrons. The van der Waals surface area contributed by atoms with Gasteiger partial charge < -0.3 is 25.4 Å². The highest BCUT2D eigenvalue weighted by atomic mass is 16.5. The highest BCUT2D eigenvalue weighted by Crippen LogP contribution is 2.22. The lowest BCUT2D eigenvalue weighted by Gasteiger charge is -2.37. The van der Waals surface area contributed by atoms with E-state index in [1.165, 1.54) is 5.56 Å². The molecule has 0 saturated carbocycles. The van der Waals surface area contributed by atoms with E-state index in [1.54, 1.807) is 6.20 Å². The van der Waals surface area contributed by atoms with Crippen LogP contribution in [0.3, 0.4) is 0 Å². The standard InChI is InChI=1S/C13H19N3O4/c17-5-10-12(19)11(18)9(6-20-10)16-13-14-4-7-2-1-3-8(7)15-13/h4,9-12,17-19H,1-3,5-6H2,(H,14,15,16)/t9-,10+,11+,12-/m0/s1. The number of aliphatic hydroxyl groups is 3. The molecule has 2 aliphatic rings. The Bertz CT molecular complexity index is 485. The summed E-state index contributed by atoms with van der Waals surface area (Å²) in [6.45, 7) is -0.135. The van der Waals surface area contributed by atoms with E-state index in [-0.39, 0.29) is 13.2 Å². The van der Waals surface area contributed by atoms with Crippen molar-refractivity contribution in [1.82, 2.24) is 9.97 Å². The molecule has 0 aromatic carbocycles. The first-order valence-electron chi connectivity index (χ1n) is 6.89. The van der Waals surface area contributed by atoms with Crippen LogP contribution in [-0.4, -0.2) is 62.9 Å². The zero-order valence-electron chi connectivity index (χ0n) is 11.1. The van der Waals surface area contributed by atoms with Crippen molar-refractivity contribution in [3.05, 3.63) is 17.5 Å². The van der Waals surface area contributed by atoms with Crippen molar-refractivity contribution in [2.24, 2.45) is 0 Å². The Kier molecular flexibility index (Phi) is 3.84. The summed E-state index contributed by atoms with van der Waals surface area (Å²) in [7, 11) is 0. The number of hydrogen-bond donors (Lipinski definition) is 4. The number of ether oxygens (including phenoxy) is 1. The average molecular weight is 281 g/mol. The van der Waals surface area contributed by atoms with Gasteiger partial charge in [-0.1, -0.05) is 0 Å². The Morgan fingerprint density at radius 1 is 1.30 bits per heavy atom. The molecule has 7 heteroatoms. The molecule has 1 saturated heterocycles. The first kappa shape index (κ1) is 13.7. The number of anilines is 1. The quantitative estimate of drug-likeness (QED) is 0.554. The first-order valence-corrected chi connectivity index (χ1v) is 6.89. The van der Waals surface area contributed by atoms with Crippen LogP contribution in [0.5, 0.6) is 0 Å². The van der Waals surface area contributed by atoms with E-state index in [2.05, 4.69) is 15.3 Å². The minimum Gasteiger partial charge on any atom is -0.394 e. The molecule has 0 bridgehead atoms. The van der Waals surface area contributed by atoms with Crippen LogP contribution >= 0.6 is 0 Å². The average Bonchev–Trinajstić information content (AvgIpc) is 2.92. The minimum atomic E-state index is -1.12. The van der Waals surface area contributed by atoms with Gasteiger partial charge in [-0.05, 0) is 24.8 Å². The van der Waals surface area contributed by atoms with Crippen LogP contribution in [0.1, 0.15) is 17.7 Å². The fourth-order valence-electron chi connectivity index (χ4n) is 2.72. The van der Waals surface area contributed by atoms with Crippen molar-refractivity contribution in [3.63, 3.8) is 0 Å². The van der Waals surface area contributed by atoms with Gasteiger partial charge in [0.25, 0.3) is 0 Å². The number of nitrogens with one attached hydrogen (secondary N) is 1. The fraction of sp³-hybridized carbons (Fsp3) is 0.692. The Balaban J connectivity index is 1.69. The van der Waals surface area contributed by atoms with Gasteiger partial charge in [0.2, 0.25) is 5.95 Å². The number of aryl methyl sites for hydroxylation is 2. The predicted octanol–water partition coefficient (Wildman–Crippen LogP) is -1.14. The summed E-state index contributed by atoms with van der Waals surface area (Å²) in [4.78, 5) is 8.65. The predicted molar refractivity (Wildman–Crippen MR) is 70.3 cm³/mol. The Labute approximate surface area is 116 Å². The lowest BCUT2D eigenvalue weighted by molar-refractivity contribution is -0.152. The molecule has 4 atom stereocenters. The zero-order valence-corrected chi connectivity index (χ0v) is 11.1. The van der Waals surface area contributed by atoms with E-state index in [9.17, 15) is 10.2 Å². The molecule has 0 amide bonds. The fourth-order valence-corrected chi connectivity index (χ4v) is 2.72. The molecule has 2 heterocycles. The molecule has 0 spiro atoms. The summed E-state index contributed by atoms with van der Waals surface area (Å²) in [6.07, 6.45) is 1.97. The third-order valence-electron chi connectivity index (χ3n) is 3.94. The van der Waals surface area contributed by atoms with E-state index in [0.29, 0.717) is 5.95 Å². The van der Waals surface area contributed by atoms with Crippen molar-refractivity contribution >= 4 is 5.95 Å². The van der Waals surface area contributed by atoms with Gasteiger partial charge in [0.05, 0.1) is 19.3 Å². The number of rotatable bonds is 3. The second-order valence-corrected chi connectivity index (χ2v) is 5.31. The van der Waals surface area contributed by atoms with Crippen molar-refractivity contribution in [3.8, 4) is 0 Å². The monoisotopic (exact) mass is 281 g/mol. The second kappa shape index (κ2) is 5.61. The third kappa shape index (κ3) is 2.49. The molecule has 4 N–H and O–H groups in total. The molecule has 0 unspecified atom stereocenters. The van der Waals surface area contributed by atoms with E-state index >= 15 is 0 Å². The number of aromatic nitrogens is 2. The molecule has 3 rings (SSSR count). The lowest BCUT2D eigenvalue weighted by atomic mass is 9.98. The number of nitrogens with zero attached hydrogens (tertiary/aromatic N) is 2. The van der Waals surface area contributed by atoms with Crippen LogP contribution < -0.4 is 5.32 Å². The van der Waals surface area contributed by atoms with Gasteiger partial charge in [-0.2, -0.15) is 0 Å². The van der Waals surface area contributed by atoms with Crippen LogP contribution in [0.25, 0.3) is 0 Å². The van der Waals surface area contributed by atoms with Crippen LogP contribution in [0, 0.1) is 0 Å². The van der Waals surface area contributed by atoms with Crippen LogP contribution in [0.2, 0.25) is 0 Å². The van der Waals surface area contributed by atoms with E-state index in [1.807, 2.05) is 0 Å². The van der Waals surface area contributed by atoms with Gasteiger partial charge in [-0.15, -0.1) is 0 Å². The Morgan fingerprint density at radius 3 is 2.95 bits per heavy atom. The summed E-state index contributed by atoms with van der Waals surface area (Å²) in [5.41, 5.74) is 2.22. The smallest absolute Gasteiger partial charge is 0.223 e. The van der Waals surface area contributed by atoms with Crippen molar-refractivity contribution in [1.29, 1.82) is 0 Å². The summed E-state index contributed by atoms with van der Waals surface area (Å²) < 4.78 is 5.31. The second-order valence-electron chi connectivity index (χ2n) is 5.31. The highest BCUT2D eigenvalue weighted by Gasteiger charge is 2.38. The number of hydrogen-bond acceptors (Lipinski definition) is 7. The molecule has 1 aliphatic heterocycles. The lowest BCUT2D eigenvalue weighted by Crippen LogP contribution is -2.56. The Morgan fingerprint density at radius 2 is 2.15 bits per heavy atom. The molecule has 7 nitrogen and oxygen atoms in total. The highest BCUT2D eigenvalue weighted by molar-refractivity contribution is 5.33. The van der Waals surface area contributed by atoms with Crippen molar-refractivity contribution in [2.75, 3.05) is 18.5 Å². The maximum Gasteiger partial charge on any atom is 0.223 e. The number of fused-ring (bicyclic) bond motifs is 1. The van der Waals surface area contributed by atoms with Gasteiger partial charge in [-0.3, -0.25) is 0 Å². The van der Waals surface area contributed by atoms with E-state index in [0.717, 1.165) is 25.0 Å². The zero-order chi connectivity index (χ0) is 14.1. The summed E-state index contributed by atoms with van der Waals surface area (Å²) >= 11 is 0. The van der Waals surface area contributed by atoms with E-state index < -0.39 is 24.4 Å². The van der Waals surface area contributed by atoms with Crippen LogP contribution in [0.15, 0.2) is 6.20 Å². The van der Waals surface area contributed by atoms with Gasteiger partial charge >= 0.3 is 0 Å². The van der Waals surface area contributed by atoms with Crippen LogP contribution in [0.4, 0.5) is 5.95 Å².